The highest BCUT2D eigenvalue weighted by atomic mass is 16.2. The number of hydrogen-bond donors (Lipinski definition) is 2. The average molecular weight is 361 g/mol. The molecule has 2 aliphatic rings. The van der Waals surface area contributed by atoms with E-state index in [2.05, 4.69) is 15.7 Å². The van der Waals surface area contributed by atoms with Crippen LogP contribution in [0.15, 0.2) is 12.4 Å². The number of piperidine rings is 1. The Morgan fingerprint density at radius 3 is 2.58 bits per heavy atom. The Morgan fingerprint density at radius 1 is 1.15 bits per heavy atom. The summed E-state index contributed by atoms with van der Waals surface area (Å²) in [7, 11) is 1.97. The maximum absolute atomic E-state index is 12.6. The van der Waals surface area contributed by atoms with Crippen LogP contribution in [0.25, 0.3) is 0 Å². The molecular weight excluding hydrogens is 330 g/mol. The largest absolute Gasteiger partial charge is 0.352 e. The number of nitrogens with zero attached hydrogens (tertiary/aromatic N) is 3. The monoisotopic (exact) mass is 361 g/mol. The van der Waals surface area contributed by atoms with E-state index in [4.69, 9.17) is 0 Å². The van der Waals surface area contributed by atoms with Crippen molar-refractivity contribution in [1.29, 1.82) is 0 Å². The minimum Gasteiger partial charge on any atom is -0.352 e. The SMILES string of the molecule is CNCC1CCN(C(=O)c2cnn(CC(=O)NC3CCCCC3)c2)CC1. The lowest BCUT2D eigenvalue weighted by Gasteiger charge is -2.31. The highest BCUT2D eigenvalue weighted by Gasteiger charge is 2.24. The van der Waals surface area contributed by atoms with Gasteiger partial charge in [-0.3, -0.25) is 14.3 Å². The van der Waals surface area contributed by atoms with E-state index in [0.717, 1.165) is 45.3 Å². The molecule has 3 rings (SSSR count). The van der Waals surface area contributed by atoms with Crippen LogP contribution in [-0.2, 0) is 11.3 Å². The topological polar surface area (TPSA) is 79.3 Å². The number of nitrogens with one attached hydrogen (secondary N) is 2. The summed E-state index contributed by atoms with van der Waals surface area (Å²) in [5.41, 5.74) is 0.572. The minimum atomic E-state index is -0.0214. The van der Waals surface area contributed by atoms with E-state index in [1.807, 2.05) is 11.9 Å². The zero-order valence-electron chi connectivity index (χ0n) is 15.7. The second-order valence-electron chi connectivity index (χ2n) is 7.62. The van der Waals surface area contributed by atoms with Gasteiger partial charge in [-0.15, -0.1) is 0 Å². The Labute approximate surface area is 155 Å². The van der Waals surface area contributed by atoms with Gasteiger partial charge in [0.15, 0.2) is 0 Å². The third-order valence-electron chi connectivity index (χ3n) is 5.55. The van der Waals surface area contributed by atoms with Crippen molar-refractivity contribution >= 4 is 11.8 Å². The molecule has 1 aliphatic carbocycles. The molecule has 1 saturated carbocycles. The first-order valence-electron chi connectivity index (χ1n) is 9.91. The maximum Gasteiger partial charge on any atom is 0.257 e. The van der Waals surface area contributed by atoms with Gasteiger partial charge in [-0.2, -0.15) is 5.10 Å². The third-order valence-corrected chi connectivity index (χ3v) is 5.55. The first kappa shape index (κ1) is 18.9. The fourth-order valence-electron chi connectivity index (χ4n) is 4.04. The molecule has 0 aromatic carbocycles. The van der Waals surface area contributed by atoms with Crippen LogP contribution < -0.4 is 10.6 Å². The van der Waals surface area contributed by atoms with Crippen LogP contribution in [0, 0.1) is 5.92 Å². The van der Waals surface area contributed by atoms with Crippen molar-refractivity contribution in [2.24, 2.45) is 5.92 Å². The van der Waals surface area contributed by atoms with Crippen molar-refractivity contribution in [2.45, 2.75) is 57.5 Å². The summed E-state index contributed by atoms with van der Waals surface area (Å²) in [5, 5.41) is 10.5. The van der Waals surface area contributed by atoms with Crippen molar-refractivity contribution in [3.8, 4) is 0 Å². The number of aromatic nitrogens is 2. The van der Waals surface area contributed by atoms with Crippen molar-refractivity contribution in [2.75, 3.05) is 26.7 Å². The van der Waals surface area contributed by atoms with Gasteiger partial charge < -0.3 is 15.5 Å². The first-order valence-corrected chi connectivity index (χ1v) is 9.91. The van der Waals surface area contributed by atoms with E-state index in [0.29, 0.717) is 17.5 Å². The second kappa shape index (κ2) is 9.16. The normalized spacial score (nSPS) is 19.5. The Morgan fingerprint density at radius 2 is 1.88 bits per heavy atom. The van der Waals surface area contributed by atoms with Gasteiger partial charge in [-0.25, -0.2) is 0 Å². The van der Waals surface area contributed by atoms with Gasteiger partial charge in [0.05, 0.1) is 11.8 Å². The molecule has 2 heterocycles. The lowest BCUT2D eigenvalue weighted by molar-refractivity contribution is -0.122. The standard InChI is InChI=1S/C19H31N5O2/c1-20-11-15-7-9-23(10-8-15)19(26)16-12-21-24(13-16)14-18(25)22-17-5-3-2-4-6-17/h12-13,15,17,20H,2-11,14H2,1H3,(H,22,25). The Kier molecular flexibility index (Phi) is 6.66. The Hall–Kier alpha value is -1.89. The van der Waals surface area contributed by atoms with E-state index < -0.39 is 0 Å². The molecule has 0 spiro atoms. The molecule has 0 radical (unpaired) electrons. The number of hydrogen-bond acceptors (Lipinski definition) is 4. The first-order chi connectivity index (χ1) is 12.7. The molecule has 1 aromatic rings. The number of carbonyl (C=O) groups excluding carboxylic acids is 2. The number of amides is 2. The van der Waals surface area contributed by atoms with Gasteiger partial charge in [0.25, 0.3) is 5.91 Å². The van der Waals surface area contributed by atoms with Gasteiger partial charge in [0.2, 0.25) is 5.91 Å². The third kappa shape index (κ3) is 5.06. The second-order valence-corrected chi connectivity index (χ2v) is 7.62. The van der Waals surface area contributed by atoms with Crippen molar-refractivity contribution < 1.29 is 9.59 Å². The molecular formula is C19H31N5O2. The zero-order valence-corrected chi connectivity index (χ0v) is 15.7. The van der Waals surface area contributed by atoms with E-state index in [-0.39, 0.29) is 18.4 Å². The summed E-state index contributed by atoms with van der Waals surface area (Å²) in [6, 6.07) is 0.298. The molecule has 2 N–H and O–H groups in total. The summed E-state index contributed by atoms with van der Waals surface area (Å²) in [6.45, 7) is 2.77. The predicted octanol–water partition coefficient (Wildman–Crippen LogP) is 1.40. The number of likely N-dealkylation sites (tertiary alicyclic amines) is 1. The summed E-state index contributed by atoms with van der Waals surface area (Å²) in [4.78, 5) is 26.7. The molecule has 1 aliphatic heterocycles. The lowest BCUT2D eigenvalue weighted by Crippen LogP contribution is -2.40. The molecule has 7 heteroatoms. The van der Waals surface area contributed by atoms with Gasteiger partial charge in [-0.05, 0) is 45.2 Å². The van der Waals surface area contributed by atoms with Crippen LogP contribution in [0.3, 0.4) is 0 Å². The molecule has 2 fully saturated rings. The highest BCUT2D eigenvalue weighted by Crippen LogP contribution is 2.19. The summed E-state index contributed by atoms with van der Waals surface area (Å²) in [5.74, 6) is 0.647. The molecule has 144 valence electrons. The van der Waals surface area contributed by atoms with Crippen molar-refractivity contribution in [3.05, 3.63) is 18.0 Å². The van der Waals surface area contributed by atoms with Gasteiger partial charge in [0, 0.05) is 25.3 Å². The van der Waals surface area contributed by atoms with Crippen LogP contribution in [0.5, 0.6) is 0 Å². The summed E-state index contributed by atoms with van der Waals surface area (Å²) >= 11 is 0. The van der Waals surface area contributed by atoms with Crippen molar-refractivity contribution in [1.82, 2.24) is 25.3 Å². The molecule has 1 saturated heterocycles. The Balaban J connectivity index is 1.47. The molecule has 2 amide bonds. The predicted molar refractivity (Wildman–Crippen MR) is 99.8 cm³/mol. The average Bonchev–Trinajstić information content (AvgIpc) is 3.11. The van der Waals surface area contributed by atoms with Crippen LogP contribution in [0.4, 0.5) is 0 Å². The van der Waals surface area contributed by atoms with Gasteiger partial charge in [0.1, 0.15) is 6.54 Å². The highest BCUT2D eigenvalue weighted by molar-refractivity contribution is 5.93. The molecule has 7 nitrogen and oxygen atoms in total. The van der Waals surface area contributed by atoms with Gasteiger partial charge >= 0.3 is 0 Å². The minimum absolute atomic E-state index is 0.0202. The fourth-order valence-corrected chi connectivity index (χ4v) is 4.04. The molecule has 0 atom stereocenters. The molecule has 0 bridgehead atoms. The van der Waals surface area contributed by atoms with Crippen LogP contribution in [-0.4, -0.2) is 59.2 Å². The molecule has 26 heavy (non-hydrogen) atoms. The lowest BCUT2D eigenvalue weighted by atomic mass is 9.95. The summed E-state index contributed by atoms with van der Waals surface area (Å²) < 4.78 is 1.57. The quantitative estimate of drug-likeness (QED) is 0.803. The maximum atomic E-state index is 12.6. The smallest absolute Gasteiger partial charge is 0.257 e. The number of rotatable bonds is 6. The van der Waals surface area contributed by atoms with Crippen molar-refractivity contribution in [3.63, 3.8) is 0 Å². The fraction of sp³-hybridized carbons (Fsp3) is 0.737. The summed E-state index contributed by atoms with van der Waals surface area (Å²) in [6.07, 6.45) is 11.1. The van der Waals surface area contributed by atoms with E-state index >= 15 is 0 Å². The van der Waals surface area contributed by atoms with Gasteiger partial charge in [-0.1, -0.05) is 19.3 Å². The van der Waals surface area contributed by atoms with Crippen LogP contribution in [0.2, 0.25) is 0 Å². The van der Waals surface area contributed by atoms with E-state index in [9.17, 15) is 9.59 Å². The van der Waals surface area contributed by atoms with Crippen LogP contribution in [0.1, 0.15) is 55.3 Å². The number of carbonyl (C=O) groups is 2. The Bertz CT molecular complexity index is 601. The molecule has 0 unspecified atom stereocenters. The molecule has 1 aromatic heterocycles. The zero-order chi connectivity index (χ0) is 18.4. The van der Waals surface area contributed by atoms with E-state index in [1.54, 1.807) is 17.1 Å². The van der Waals surface area contributed by atoms with Crippen LogP contribution >= 0.6 is 0 Å². The van der Waals surface area contributed by atoms with E-state index in [1.165, 1.54) is 19.3 Å².